The van der Waals surface area contributed by atoms with Gasteiger partial charge in [-0.25, -0.2) is 4.98 Å². The summed E-state index contributed by atoms with van der Waals surface area (Å²) < 4.78 is 28.6. The Morgan fingerprint density at radius 2 is 1.81 bits per heavy atom. The molecule has 5 aromatic rings. The number of thiazole rings is 1. The number of aliphatic hydroxyl groups excluding tert-OH is 1. The molecule has 11 heteroatoms. The molecule has 1 N–H and O–H groups in total. The van der Waals surface area contributed by atoms with Crippen molar-refractivity contribution in [3.63, 3.8) is 0 Å². The van der Waals surface area contributed by atoms with E-state index in [0.717, 1.165) is 4.70 Å². The zero-order chi connectivity index (χ0) is 29.5. The molecular formula is C31H26N2O8S. The van der Waals surface area contributed by atoms with Gasteiger partial charge in [0.15, 0.2) is 39.5 Å². The van der Waals surface area contributed by atoms with Gasteiger partial charge in [0, 0.05) is 5.39 Å². The molecule has 214 valence electrons. The average molecular weight is 587 g/mol. The first-order chi connectivity index (χ1) is 20.4. The number of rotatable bonds is 9. The summed E-state index contributed by atoms with van der Waals surface area (Å²) in [4.78, 5) is 33.8. The molecule has 3 aromatic carbocycles. The third-order valence-electron chi connectivity index (χ3n) is 7.00. The molecule has 1 atom stereocenters. The summed E-state index contributed by atoms with van der Waals surface area (Å²) in [5, 5.41) is 12.2. The smallest absolute Gasteiger partial charge is 0.296 e. The number of benzene rings is 3. The maximum absolute atomic E-state index is 14.1. The number of ether oxygens (including phenoxy) is 4. The molecule has 1 aliphatic rings. The summed E-state index contributed by atoms with van der Waals surface area (Å²) in [5.41, 5.74) is 1.36. The van der Waals surface area contributed by atoms with Crippen LogP contribution in [0.4, 0.5) is 5.13 Å². The van der Waals surface area contributed by atoms with Gasteiger partial charge in [-0.05, 0) is 55.0 Å². The number of aliphatic hydroxyl groups is 1. The molecule has 0 spiro atoms. The molecule has 0 aliphatic carbocycles. The van der Waals surface area contributed by atoms with Crippen LogP contribution in [-0.4, -0.2) is 49.7 Å². The highest BCUT2D eigenvalue weighted by molar-refractivity contribution is 7.22. The van der Waals surface area contributed by atoms with E-state index in [1.807, 2.05) is 13.0 Å². The molecule has 0 saturated heterocycles. The highest BCUT2D eigenvalue weighted by Crippen LogP contribution is 2.46. The number of anilines is 1. The maximum atomic E-state index is 14.1. The van der Waals surface area contributed by atoms with Crippen LogP contribution in [0.15, 0.2) is 76.4 Å². The van der Waals surface area contributed by atoms with Gasteiger partial charge in [0.1, 0.15) is 5.75 Å². The molecule has 3 heterocycles. The van der Waals surface area contributed by atoms with Gasteiger partial charge in [-0.1, -0.05) is 29.5 Å². The van der Waals surface area contributed by atoms with E-state index < -0.39 is 23.5 Å². The van der Waals surface area contributed by atoms with E-state index in [2.05, 4.69) is 4.98 Å². The summed E-state index contributed by atoms with van der Waals surface area (Å²) in [6, 6.07) is 16.3. The van der Waals surface area contributed by atoms with Gasteiger partial charge in [0.05, 0.1) is 49.8 Å². The number of aromatic nitrogens is 1. The zero-order valence-electron chi connectivity index (χ0n) is 23.2. The van der Waals surface area contributed by atoms with Crippen molar-refractivity contribution in [3.05, 3.63) is 83.3 Å². The van der Waals surface area contributed by atoms with Crippen LogP contribution in [0, 0.1) is 0 Å². The number of hydrogen-bond donors (Lipinski definition) is 1. The monoisotopic (exact) mass is 586 g/mol. The standard InChI is InChI=1S/C31H26N2O8S/c1-5-40-20-12-9-16(13-22(20)39-4)26-25(27(34)23-14-17-7-6-8-21(38-3)29(17)41-23)28(35)30(36)33(26)31-32-19-11-10-18(37-2)15-24(19)42-31/h6-15,26,35H,5H2,1-4H3. The number of nitrogens with zero attached hydrogens (tertiary/aromatic N) is 2. The van der Waals surface area contributed by atoms with Crippen LogP contribution in [0.5, 0.6) is 23.0 Å². The van der Waals surface area contributed by atoms with Crippen molar-refractivity contribution < 1.29 is 38.1 Å². The molecule has 42 heavy (non-hydrogen) atoms. The van der Waals surface area contributed by atoms with Gasteiger partial charge in [-0.2, -0.15) is 0 Å². The number of methoxy groups -OCH3 is 3. The molecular weight excluding hydrogens is 560 g/mol. The number of carbonyl (C=O) groups is 2. The van der Waals surface area contributed by atoms with Gasteiger partial charge in [-0.15, -0.1) is 0 Å². The zero-order valence-corrected chi connectivity index (χ0v) is 24.0. The summed E-state index contributed by atoms with van der Waals surface area (Å²) in [6.45, 7) is 2.27. The number of hydrogen-bond acceptors (Lipinski definition) is 10. The molecule has 6 rings (SSSR count). The Morgan fingerprint density at radius 1 is 1.00 bits per heavy atom. The summed E-state index contributed by atoms with van der Waals surface area (Å²) in [6.07, 6.45) is 0. The molecule has 2 aromatic heterocycles. The summed E-state index contributed by atoms with van der Waals surface area (Å²) in [7, 11) is 4.57. The fourth-order valence-corrected chi connectivity index (χ4v) is 6.06. The quantitative estimate of drug-likeness (QED) is 0.200. The van der Waals surface area contributed by atoms with Gasteiger partial charge in [-0.3, -0.25) is 14.5 Å². The molecule has 1 amide bonds. The van der Waals surface area contributed by atoms with Crippen molar-refractivity contribution in [3.8, 4) is 23.0 Å². The second-order valence-corrected chi connectivity index (χ2v) is 10.3. The fraction of sp³-hybridized carbons (Fsp3) is 0.194. The van der Waals surface area contributed by atoms with E-state index in [1.54, 1.807) is 61.7 Å². The predicted octanol–water partition coefficient (Wildman–Crippen LogP) is 6.25. The number of amides is 1. The average Bonchev–Trinajstić information content (AvgIpc) is 3.70. The number of ketones is 1. The fourth-order valence-electron chi connectivity index (χ4n) is 5.04. The van der Waals surface area contributed by atoms with E-state index in [9.17, 15) is 14.7 Å². The topological polar surface area (TPSA) is 121 Å². The van der Waals surface area contributed by atoms with E-state index in [1.165, 1.54) is 30.5 Å². The van der Waals surface area contributed by atoms with Crippen LogP contribution >= 0.6 is 11.3 Å². The number of Topliss-reactive ketones (excluding diaryl/α,β-unsaturated/α-hetero) is 1. The molecule has 0 saturated carbocycles. The van der Waals surface area contributed by atoms with Crippen molar-refractivity contribution in [2.24, 2.45) is 0 Å². The Kier molecular flexibility index (Phi) is 6.95. The van der Waals surface area contributed by atoms with Crippen LogP contribution in [0.2, 0.25) is 0 Å². The van der Waals surface area contributed by atoms with Crippen molar-refractivity contribution >= 4 is 49.3 Å². The molecule has 1 aliphatic heterocycles. The third-order valence-corrected chi connectivity index (χ3v) is 8.02. The highest BCUT2D eigenvalue weighted by atomic mass is 32.1. The van der Waals surface area contributed by atoms with Crippen LogP contribution in [0.25, 0.3) is 21.2 Å². The molecule has 0 radical (unpaired) electrons. The van der Waals surface area contributed by atoms with Gasteiger partial charge in [0.2, 0.25) is 5.78 Å². The van der Waals surface area contributed by atoms with Crippen LogP contribution in [-0.2, 0) is 4.79 Å². The summed E-state index contributed by atoms with van der Waals surface area (Å²) >= 11 is 1.24. The van der Waals surface area contributed by atoms with Crippen molar-refractivity contribution in [1.82, 2.24) is 4.98 Å². The second-order valence-electron chi connectivity index (χ2n) is 9.33. The molecule has 10 nitrogen and oxygen atoms in total. The van der Waals surface area contributed by atoms with Crippen molar-refractivity contribution in [2.45, 2.75) is 13.0 Å². The first kappa shape index (κ1) is 27.2. The third kappa shape index (κ3) is 4.38. The van der Waals surface area contributed by atoms with Crippen molar-refractivity contribution in [2.75, 3.05) is 32.8 Å². The lowest BCUT2D eigenvalue weighted by Crippen LogP contribution is -2.31. The second kappa shape index (κ2) is 10.7. The Balaban J connectivity index is 1.52. The van der Waals surface area contributed by atoms with Crippen LogP contribution in [0.3, 0.4) is 0 Å². The largest absolute Gasteiger partial charge is 0.503 e. The van der Waals surface area contributed by atoms with Crippen molar-refractivity contribution in [1.29, 1.82) is 0 Å². The normalized spacial score (nSPS) is 15.1. The summed E-state index contributed by atoms with van der Waals surface area (Å²) in [5.74, 6) is -0.176. The number of carbonyl (C=O) groups excluding carboxylic acids is 2. The molecule has 1 unspecified atom stereocenters. The van der Waals surface area contributed by atoms with Crippen LogP contribution in [0.1, 0.15) is 29.1 Å². The van der Waals surface area contributed by atoms with E-state index in [0.29, 0.717) is 56.8 Å². The number of furan rings is 1. The first-order valence-corrected chi connectivity index (χ1v) is 13.8. The number of fused-ring (bicyclic) bond motifs is 2. The Bertz CT molecular complexity index is 1890. The first-order valence-electron chi connectivity index (χ1n) is 13.0. The predicted molar refractivity (Wildman–Crippen MR) is 157 cm³/mol. The lowest BCUT2D eigenvalue weighted by atomic mass is 9.95. The Labute approximate surface area is 244 Å². The van der Waals surface area contributed by atoms with Gasteiger partial charge < -0.3 is 28.5 Å². The van der Waals surface area contributed by atoms with E-state index >= 15 is 0 Å². The maximum Gasteiger partial charge on any atom is 0.296 e. The minimum atomic E-state index is -1.05. The minimum Gasteiger partial charge on any atom is -0.503 e. The van der Waals surface area contributed by atoms with Gasteiger partial charge >= 0.3 is 0 Å². The van der Waals surface area contributed by atoms with Crippen LogP contribution < -0.4 is 23.8 Å². The number of para-hydroxylation sites is 1. The molecule has 0 bridgehead atoms. The Morgan fingerprint density at radius 3 is 2.55 bits per heavy atom. The van der Waals surface area contributed by atoms with E-state index in [-0.39, 0.29) is 11.3 Å². The Hall–Kier alpha value is -5.03. The highest BCUT2D eigenvalue weighted by Gasteiger charge is 2.47. The van der Waals surface area contributed by atoms with Gasteiger partial charge in [0.25, 0.3) is 5.91 Å². The lowest BCUT2D eigenvalue weighted by molar-refractivity contribution is -0.117. The van der Waals surface area contributed by atoms with E-state index in [4.69, 9.17) is 23.4 Å². The minimum absolute atomic E-state index is 0.0531. The molecule has 0 fully saturated rings. The lowest BCUT2D eigenvalue weighted by Gasteiger charge is -2.25. The SMILES string of the molecule is CCOc1ccc(C2C(C(=O)c3cc4cccc(OC)c4o3)=C(O)C(=O)N2c2nc3ccc(OC)cc3s2)cc1OC.